The van der Waals surface area contributed by atoms with Gasteiger partial charge < -0.3 is 9.13 Å². The lowest BCUT2D eigenvalue weighted by atomic mass is 9.79. The highest BCUT2D eigenvalue weighted by Crippen LogP contribution is 2.47. The smallest absolute Gasteiger partial charge is 0.0537 e. The van der Waals surface area contributed by atoms with Gasteiger partial charge in [-0.05, 0) is 93.9 Å². The van der Waals surface area contributed by atoms with Crippen LogP contribution in [0.2, 0.25) is 0 Å². The van der Waals surface area contributed by atoms with Gasteiger partial charge in [0.05, 0.1) is 5.52 Å². The number of rotatable bonds is 4. The summed E-state index contributed by atoms with van der Waals surface area (Å²) in [6, 6.07) is 20.2. The summed E-state index contributed by atoms with van der Waals surface area (Å²) in [4.78, 5) is 0. The number of allylic oxidation sites excluding steroid dienone is 9. The summed E-state index contributed by atoms with van der Waals surface area (Å²) in [6.45, 7) is 0. The average Bonchev–Trinajstić information content (AvgIpc) is 3.62. The molecular weight excluding hydrogens is 532 g/mol. The predicted octanol–water partition coefficient (Wildman–Crippen LogP) is 10.7. The standard InChI is InChI=1S/C42H40N2/c1-3-12-29(13-4-1)30-22-25-33(26-23-30)43-39-20-9-8-17-36(39)38-28-31(24-27-41(38)43)34-18-11-19-37-35-16-7-10-21-40(35)44(42(34)37)32-14-5-2-6-15-32/h1-3,5-9,11,14-17,19-20,22,25-26,28-30,34H,4,10,12-13,18,21,23-24,27H2. The maximum Gasteiger partial charge on any atom is 0.0537 e. The molecule has 0 amide bonds. The molecule has 2 nitrogen and oxygen atoms in total. The Morgan fingerprint density at radius 2 is 1.50 bits per heavy atom. The van der Waals surface area contributed by atoms with Crippen molar-refractivity contribution in [3.05, 3.63) is 136 Å². The first-order chi connectivity index (χ1) is 21.8. The van der Waals surface area contributed by atoms with Crippen LogP contribution >= 0.6 is 0 Å². The fraction of sp³-hybridized carbons (Fsp3) is 0.286. The predicted molar refractivity (Wildman–Crippen MR) is 186 cm³/mol. The van der Waals surface area contributed by atoms with Crippen molar-refractivity contribution in [1.29, 1.82) is 0 Å². The van der Waals surface area contributed by atoms with Gasteiger partial charge in [0.2, 0.25) is 0 Å². The average molecular weight is 573 g/mol. The summed E-state index contributed by atoms with van der Waals surface area (Å²) in [6.07, 6.45) is 34.8. The van der Waals surface area contributed by atoms with Gasteiger partial charge in [0, 0.05) is 56.5 Å². The van der Waals surface area contributed by atoms with Gasteiger partial charge in [0.15, 0.2) is 0 Å². The third-order valence-corrected chi connectivity index (χ3v) is 11.0. The molecule has 0 saturated carbocycles. The number of fused-ring (bicyclic) bond motifs is 6. The zero-order valence-electron chi connectivity index (χ0n) is 25.5. The molecule has 5 aliphatic rings. The molecule has 2 heteroatoms. The molecule has 0 radical (unpaired) electrons. The molecule has 2 heterocycles. The van der Waals surface area contributed by atoms with Crippen molar-refractivity contribution in [1.82, 2.24) is 9.13 Å². The molecule has 2 aromatic carbocycles. The van der Waals surface area contributed by atoms with Crippen LogP contribution in [0, 0.1) is 11.8 Å². The molecule has 44 heavy (non-hydrogen) atoms. The highest BCUT2D eigenvalue weighted by atomic mass is 15.0. The lowest BCUT2D eigenvalue weighted by molar-refractivity contribution is 0.365. The van der Waals surface area contributed by atoms with E-state index in [1.54, 1.807) is 5.57 Å². The van der Waals surface area contributed by atoms with Crippen LogP contribution in [0.5, 0.6) is 0 Å². The fourth-order valence-corrected chi connectivity index (χ4v) is 8.85. The summed E-state index contributed by atoms with van der Waals surface area (Å²) in [5.74, 6) is 1.85. The lowest BCUT2D eigenvalue weighted by Gasteiger charge is -2.29. The second-order valence-electron chi connectivity index (χ2n) is 13.3. The van der Waals surface area contributed by atoms with Crippen molar-refractivity contribution in [3.8, 4) is 5.69 Å². The molecule has 9 rings (SSSR count). The van der Waals surface area contributed by atoms with Crippen LogP contribution in [-0.4, -0.2) is 9.13 Å². The minimum atomic E-state index is 0.392. The summed E-state index contributed by atoms with van der Waals surface area (Å²) in [7, 11) is 0. The number of hydrogen-bond donors (Lipinski definition) is 0. The molecule has 0 spiro atoms. The Morgan fingerprint density at radius 1 is 0.636 bits per heavy atom. The maximum absolute atomic E-state index is 2.62. The van der Waals surface area contributed by atoms with Crippen LogP contribution in [0.1, 0.15) is 84.6 Å². The number of hydrogen-bond acceptors (Lipinski definition) is 0. The van der Waals surface area contributed by atoms with Crippen molar-refractivity contribution in [2.75, 3.05) is 0 Å². The maximum atomic E-state index is 2.62. The Bertz CT molecular complexity index is 1950. The first kappa shape index (κ1) is 26.1. The monoisotopic (exact) mass is 572 g/mol. The summed E-state index contributed by atoms with van der Waals surface area (Å²) in [5.41, 5.74) is 14.4. The van der Waals surface area contributed by atoms with E-state index in [0.29, 0.717) is 11.8 Å². The van der Waals surface area contributed by atoms with Gasteiger partial charge in [-0.15, -0.1) is 0 Å². The molecular formula is C42H40N2. The molecule has 4 aromatic rings. The Balaban J connectivity index is 1.14. The van der Waals surface area contributed by atoms with Gasteiger partial charge in [-0.3, -0.25) is 0 Å². The molecule has 0 fully saturated rings. The topological polar surface area (TPSA) is 9.86 Å². The van der Waals surface area contributed by atoms with Crippen LogP contribution in [0.15, 0.2) is 103 Å². The third kappa shape index (κ3) is 4.14. The van der Waals surface area contributed by atoms with E-state index < -0.39 is 0 Å². The zero-order valence-corrected chi connectivity index (χ0v) is 25.5. The first-order valence-electron chi connectivity index (χ1n) is 16.9. The molecule has 5 aliphatic carbocycles. The minimum Gasteiger partial charge on any atom is -0.316 e. The molecule has 0 saturated heterocycles. The van der Waals surface area contributed by atoms with E-state index in [2.05, 4.69) is 124 Å². The van der Waals surface area contributed by atoms with E-state index >= 15 is 0 Å². The van der Waals surface area contributed by atoms with Crippen molar-refractivity contribution in [3.63, 3.8) is 0 Å². The first-order valence-corrected chi connectivity index (χ1v) is 16.9. The zero-order chi connectivity index (χ0) is 29.0. The number of benzene rings is 2. The van der Waals surface area contributed by atoms with Crippen LogP contribution in [0.25, 0.3) is 40.5 Å². The van der Waals surface area contributed by atoms with E-state index in [1.807, 2.05) is 0 Å². The van der Waals surface area contributed by atoms with Gasteiger partial charge in [0.1, 0.15) is 0 Å². The van der Waals surface area contributed by atoms with E-state index in [-0.39, 0.29) is 0 Å². The Morgan fingerprint density at radius 3 is 2.36 bits per heavy atom. The fourth-order valence-electron chi connectivity index (χ4n) is 8.85. The van der Waals surface area contributed by atoms with Crippen molar-refractivity contribution >= 4 is 34.8 Å². The third-order valence-electron chi connectivity index (χ3n) is 11.0. The number of nitrogens with zero attached hydrogens (tertiary/aromatic N) is 2. The summed E-state index contributed by atoms with van der Waals surface area (Å²) >= 11 is 0. The highest BCUT2D eigenvalue weighted by Gasteiger charge is 2.33. The summed E-state index contributed by atoms with van der Waals surface area (Å²) in [5, 5.41) is 1.39. The van der Waals surface area contributed by atoms with Gasteiger partial charge in [0.25, 0.3) is 0 Å². The van der Waals surface area contributed by atoms with Crippen molar-refractivity contribution in [2.45, 2.75) is 63.7 Å². The molecule has 2 aromatic heterocycles. The quantitative estimate of drug-likeness (QED) is 0.215. The number of para-hydroxylation sites is 2. The molecule has 0 N–H and O–H groups in total. The van der Waals surface area contributed by atoms with E-state index in [4.69, 9.17) is 0 Å². The second-order valence-corrected chi connectivity index (χ2v) is 13.3. The normalized spacial score (nSPS) is 23.7. The van der Waals surface area contributed by atoms with E-state index in [0.717, 1.165) is 44.4 Å². The van der Waals surface area contributed by atoms with Crippen LogP contribution in [-0.2, 0) is 12.8 Å². The van der Waals surface area contributed by atoms with Crippen molar-refractivity contribution < 1.29 is 0 Å². The van der Waals surface area contributed by atoms with Crippen LogP contribution < -0.4 is 0 Å². The van der Waals surface area contributed by atoms with Crippen LogP contribution in [0.4, 0.5) is 0 Å². The van der Waals surface area contributed by atoms with E-state index in [9.17, 15) is 0 Å². The SMILES string of the molecule is C1=Cc2c3c(n(-c4ccccc4)c2CC1)C(C1=Cc2c(n(C4=CCC(C5CC=CCC5)C=C4)c4ccccc24)CC1)CC=C3. The second kappa shape index (κ2) is 10.7. The minimum absolute atomic E-state index is 0.392. The van der Waals surface area contributed by atoms with E-state index in [1.165, 1.54) is 75.3 Å². The van der Waals surface area contributed by atoms with Crippen LogP contribution in [0.3, 0.4) is 0 Å². The van der Waals surface area contributed by atoms with Gasteiger partial charge in [-0.25, -0.2) is 0 Å². The van der Waals surface area contributed by atoms with Gasteiger partial charge in [-0.1, -0.05) is 96.7 Å². The molecule has 3 atom stereocenters. The largest absolute Gasteiger partial charge is 0.316 e. The van der Waals surface area contributed by atoms with Gasteiger partial charge >= 0.3 is 0 Å². The molecule has 218 valence electrons. The lowest BCUT2D eigenvalue weighted by Crippen LogP contribution is -2.17. The Kier molecular flexibility index (Phi) is 6.35. The molecule has 0 aliphatic heterocycles. The Labute approximate surface area is 261 Å². The number of aromatic nitrogens is 2. The highest BCUT2D eigenvalue weighted by molar-refractivity contribution is 5.95. The Hall–Kier alpha value is -4.30. The molecule has 0 bridgehead atoms. The van der Waals surface area contributed by atoms with Crippen molar-refractivity contribution in [2.24, 2.45) is 11.8 Å². The molecule has 3 unspecified atom stereocenters. The summed E-state index contributed by atoms with van der Waals surface area (Å²) < 4.78 is 5.21. The van der Waals surface area contributed by atoms with Gasteiger partial charge in [-0.2, -0.15) is 0 Å².